The number of rotatable bonds is 5. The summed E-state index contributed by atoms with van der Waals surface area (Å²) in [4.78, 5) is 11.9. The van der Waals surface area contributed by atoms with Crippen LogP contribution in [0.15, 0.2) is 18.2 Å². The number of halogens is 4. The molecule has 0 bridgehead atoms. The number of hydrogen-bond acceptors (Lipinski definition) is 2. The first kappa shape index (κ1) is 18.4. The largest absolute Gasteiger partial charge is 0.419 e. The highest BCUT2D eigenvalue weighted by molar-refractivity contribution is 5.94. The van der Waals surface area contributed by atoms with Gasteiger partial charge in [0.2, 0.25) is 0 Å². The first-order chi connectivity index (χ1) is 9.94. The maximum Gasteiger partial charge on any atom is 0.419 e. The Bertz CT molecular complexity index is 539. The molecule has 7 heteroatoms. The van der Waals surface area contributed by atoms with Crippen LogP contribution in [0, 0.1) is 11.2 Å². The average Bonchev–Trinajstić information content (AvgIpc) is 2.33. The van der Waals surface area contributed by atoms with Crippen LogP contribution in [0.25, 0.3) is 0 Å². The molecule has 0 saturated heterocycles. The maximum atomic E-state index is 13.8. The van der Waals surface area contributed by atoms with Crippen LogP contribution in [-0.4, -0.2) is 23.7 Å². The van der Waals surface area contributed by atoms with E-state index in [0.29, 0.717) is 12.5 Å². The second kappa shape index (κ2) is 6.64. The number of aliphatic hydroxyl groups excluding tert-OH is 1. The van der Waals surface area contributed by atoms with E-state index < -0.39 is 40.5 Å². The standard InChI is InChI=1S/C15H19F4NO2/c1-9(21)7-14(2,3)8-20-13(22)10-5-4-6-11(12(10)16)15(17,18)19/h4-6,9,21H,7-8H2,1-3H3,(H,20,22). The second-order valence-electron chi connectivity index (χ2n) is 6.06. The third-order valence-corrected chi connectivity index (χ3v) is 3.12. The Morgan fingerprint density at radius 1 is 1.32 bits per heavy atom. The molecule has 22 heavy (non-hydrogen) atoms. The molecule has 1 rings (SSSR count). The molecule has 2 N–H and O–H groups in total. The molecule has 3 nitrogen and oxygen atoms in total. The zero-order valence-corrected chi connectivity index (χ0v) is 12.6. The van der Waals surface area contributed by atoms with Gasteiger partial charge in [-0.3, -0.25) is 4.79 Å². The zero-order valence-electron chi connectivity index (χ0n) is 12.6. The molecule has 0 aliphatic rings. The topological polar surface area (TPSA) is 49.3 Å². The molecule has 1 aromatic carbocycles. The quantitative estimate of drug-likeness (QED) is 0.817. The molecular weight excluding hydrogens is 302 g/mol. The predicted molar refractivity (Wildman–Crippen MR) is 73.8 cm³/mol. The van der Waals surface area contributed by atoms with E-state index in [1.165, 1.54) is 0 Å². The molecule has 0 fully saturated rings. The maximum absolute atomic E-state index is 13.8. The van der Waals surface area contributed by atoms with Crippen LogP contribution in [0.1, 0.15) is 43.1 Å². The average molecular weight is 321 g/mol. The van der Waals surface area contributed by atoms with E-state index in [2.05, 4.69) is 5.32 Å². The molecule has 1 unspecified atom stereocenters. The molecule has 0 saturated carbocycles. The minimum absolute atomic E-state index is 0.104. The van der Waals surface area contributed by atoms with Crippen molar-refractivity contribution in [1.29, 1.82) is 0 Å². The summed E-state index contributed by atoms with van der Waals surface area (Å²) in [7, 11) is 0. The van der Waals surface area contributed by atoms with Crippen LogP contribution in [-0.2, 0) is 6.18 Å². The summed E-state index contributed by atoms with van der Waals surface area (Å²) < 4.78 is 51.7. The molecule has 1 aromatic rings. The molecular formula is C15H19F4NO2. The van der Waals surface area contributed by atoms with Crippen molar-refractivity contribution in [1.82, 2.24) is 5.32 Å². The molecule has 1 atom stereocenters. The van der Waals surface area contributed by atoms with Crippen molar-refractivity contribution in [2.75, 3.05) is 6.54 Å². The van der Waals surface area contributed by atoms with E-state index in [1.807, 2.05) is 0 Å². The summed E-state index contributed by atoms with van der Waals surface area (Å²) in [6.07, 6.45) is -5.05. The summed E-state index contributed by atoms with van der Waals surface area (Å²) >= 11 is 0. The third-order valence-electron chi connectivity index (χ3n) is 3.12. The van der Waals surface area contributed by atoms with Gasteiger partial charge in [0.15, 0.2) is 0 Å². The number of nitrogens with one attached hydrogen (secondary N) is 1. The van der Waals surface area contributed by atoms with Gasteiger partial charge < -0.3 is 10.4 Å². The van der Waals surface area contributed by atoms with Gasteiger partial charge in [0.05, 0.1) is 17.2 Å². The van der Waals surface area contributed by atoms with Crippen molar-refractivity contribution >= 4 is 5.91 Å². The summed E-state index contributed by atoms with van der Waals surface area (Å²) in [6, 6.07) is 2.58. The van der Waals surface area contributed by atoms with E-state index in [0.717, 1.165) is 12.1 Å². The number of carbonyl (C=O) groups is 1. The first-order valence-corrected chi connectivity index (χ1v) is 6.76. The summed E-state index contributed by atoms with van der Waals surface area (Å²) in [5.41, 5.74) is -2.59. The molecule has 0 aliphatic carbocycles. The Morgan fingerprint density at radius 2 is 1.91 bits per heavy atom. The monoisotopic (exact) mass is 321 g/mol. The molecule has 0 radical (unpaired) electrons. The minimum Gasteiger partial charge on any atom is -0.393 e. The van der Waals surface area contributed by atoms with E-state index in [4.69, 9.17) is 0 Å². The Morgan fingerprint density at radius 3 is 2.41 bits per heavy atom. The molecule has 0 spiro atoms. The normalized spacial score (nSPS) is 13.8. The van der Waals surface area contributed by atoms with Crippen LogP contribution in [0.2, 0.25) is 0 Å². The lowest BCUT2D eigenvalue weighted by Gasteiger charge is -2.26. The van der Waals surface area contributed by atoms with Gasteiger partial charge in [-0.2, -0.15) is 13.2 Å². The van der Waals surface area contributed by atoms with Crippen molar-refractivity contribution in [2.45, 2.75) is 39.5 Å². The Hall–Kier alpha value is -1.63. The van der Waals surface area contributed by atoms with Crippen molar-refractivity contribution < 1.29 is 27.5 Å². The SMILES string of the molecule is CC(O)CC(C)(C)CNC(=O)c1cccc(C(F)(F)F)c1F. The van der Waals surface area contributed by atoms with Crippen LogP contribution < -0.4 is 5.32 Å². The predicted octanol–water partition coefficient (Wildman–Crippen LogP) is 3.37. The Balaban J connectivity index is 2.87. The van der Waals surface area contributed by atoms with Crippen LogP contribution >= 0.6 is 0 Å². The van der Waals surface area contributed by atoms with Crippen LogP contribution in [0.3, 0.4) is 0 Å². The van der Waals surface area contributed by atoms with E-state index >= 15 is 0 Å². The van der Waals surface area contributed by atoms with Gasteiger partial charge in [-0.1, -0.05) is 19.9 Å². The number of benzene rings is 1. The summed E-state index contributed by atoms with van der Waals surface area (Å²) in [5, 5.41) is 11.7. The van der Waals surface area contributed by atoms with Crippen molar-refractivity contribution in [2.24, 2.45) is 5.41 Å². The highest BCUT2D eigenvalue weighted by Gasteiger charge is 2.35. The number of amides is 1. The third kappa shape index (κ3) is 4.98. The molecule has 1 amide bonds. The summed E-state index contributed by atoms with van der Waals surface area (Å²) in [6.45, 7) is 5.26. The van der Waals surface area contributed by atoms with Gasteiger partial charge in [-0.05, 0) is 30.9 Å². The molecule has 0 heterocycles. The van der Waals surface area contributed by atoms with Crippen molar-refractivity contribution in [3.63, 3.8) is 0 Å². The molecule has 0 aliphatic heterocycles. The fourth-order valence-corrected chi connectivity index (χ4v) is 2.21. The molecule has 0 aromatic heterocycles. The van der Waals surface area contributed by atoms with Crippen molar-refractivity contribution in [3.8, 4) is 0 Å². The van der Waals surface area contributed by atoms with Gasteiger partial charge in [0.25, 0.3) is 5.91 Å². The van der Waals surface area contributed by atoms with Gasteiger partial charge in [0, 0.05) is 6.54 Å². The highest BCUT2D eigenvalue weighted by Crippen LogP contribution is 2.32. The van der Waals surface area contributed by atoms with Gasteiger partial charge >= 0.3 is 6.18 Å². The highest BCUT2D eigenvalue weighted by atomic mass is 19.4. The fraction of sp³-hybridized carbons (Fsp3) is 0.533. The number of alkyl halides is 3. The fourth-order valence-electron chi connectivity index (χ4n) is 2.21. The number of hydrogen-bond donors (Lipinski definition) is 2. The number of carbonyl (C=O) groups excluding carboxylic acids is 1. The zero-order chi connectivity index (χ0) is 17.1. The van der Waals surface area contributed by atoms with E-state index in [9.17, 15) is 27.5 Å². The lowest BCUT2D eigenvalue weighted by molar-refractivity contribution is -0.140. The van der Waals surface area contributed by atoms with Gasteiger partial charge in [-0.25, -0.2) is 4.39 Å². The lowest BCUT2D eigenvalue weighted by Crippen LogP contribution is -2.36. The van der Waals surface area contributed by atoms with Gasteiger partial charge in [-0.15, -0.1) is 0 Å². The second-order valence-corrected chi connectivity index (χ2v) is 6.06. The summed E-state index contributed by atoms with van der Waals surface area (Å²) in [5.74, 6) is -2.50. The lowest BCUT2D eigenvalue weighted by atomic mass is 9.87. The Kier molecular flexibility index (Phi) is 5.56. The smallest absolute Gasteiger partial charge is 0.393 e. The first-order valence-electron chi connectivity index (χ1n) is 6.76. The number of aliphatic hydroxyl groups is 1. The minimum atomic E-state index is -4.86. The van der Waals surface area contributed by atoms with E-state index in [1.54, 1.807) is 20.8 Å². The Labute approximate surface area is 126 Å². The van der Waals surface area contributed by atoms with E-state index in [-0.39, 0.29) is 6.54 Å². The van der Waals surface area contributed by atoms with Crippen LogP contribution in [0.4, 0.5) is 17.6 Å². The molecule has 124 valence electrons. The van der Waals surface area contributed by atoms with Gasteiger partial charge in [0.1, 0.15) is 5.82 Å². The van der Waals surface area contributed by atoms with Crippen molar-refractivity contribution in [3.05, 3.63) is 35.1 Å². The van der Waals surface area contributed by atoms with Crippen LogP contribution in [0.5, 0.6) is 0 Å².